The van der Waals surface area contributed by atoms with Gasteiger partial charge in [0.05, 0.1) is 10.3 Å². The summed E-state index contributed by atoms with van der Waals surface area (Å²) in [6.45, 7) is 1.35. The number of benzene rings is 2. The molecule has 0 radical (unpaired) electrons. The molecule has 1 fully saturated rings. The van der Waals surface area contributed by atoms with Crippen molar-refractivity contribution in [1.82, 2.24) is 4.98 Å². The second-order valence-corrected chi connectivity index (χ2v) is 6.91. The van der Waals surface area contributed by atoms with Crippen molar-refractivity contribution in [3.63, 3.8) is 0 Å². The van der Waals surface area contributed by atoms with Gasteiger partial charge in [0.15, 0.2) is 5.78 Å². The Bertz CT molecular complexity index is 1040. The number of nitro groups is 1. The number of rotatable bonds is 4. The summed E-state index contributed by atoms with van der Waals surface area (Å²) in [7, 11) is 0. The summed E-state index contributed by atoms with van der Waals surface area (Å²) in [4.78, 5) is 29.7. The molecule has 0 spiro atoms. The van der Waals surface area contributed by atoms with E-state index in [1.165, 1.54) is 36.5 Å². The third kappa shape index (κ3) is 3.31. The molecule has 1 aromatic heterocycles. The SMILES string of the molecule is O=C(c1ccc(F)cc1)C1CCN(c2ccc([N+](=O)[O-])c3cnccc23)CC1. The summed E-state index contributed by atoms with van der Waals surface area (Å²) in [6, 6.07) is 10.7. The molecule has 0 unspecified atom stereocenters. The van der Waals surface area contributed by atoms with Crippen molar-refractivity contribution >= 4 is 27.9 Å². The van der Waals surface area contributed by atoms with Crippen LogP contribution >= 0.6 is 0 Å². The van der Waals surface area contributed by atoms with E-state index in [4.69, 9.17) is 0 Å². The quantitative estimate of drug-likeness (QED) is 0.382. The van der Waals surface area contributed by atoms with Crippen molar-refractivity contribution in [3.8, 4) is 0 Å². The fourth-order valence-corrected chi connectivity index (χ4v) is 3.83. The Kier molecular flexibility index (Phi) is 4.73. The highest BCUT2D eigenvalue weighted by Crippen LogP contribution is 2.35. The van der Waals surface area contributed by atoms with Crippen molar-refractivity contribution in [2.45, 2.75) is 12.8 Å². The molecule has 0 amide bonds. The molecule has 28 heavy (non-hydrogen) atoms. The molecule has 0 saturated carbocycles. The van der Waals surface area contributed by atoms with Gasteiger partial charge < -0.3 is 4.90 Å². The van der Waals surface area contributed by atoms with Crippen molar-refractivity contribution in [1.29, 1.82) is 0 Å². The van der Waals surface area contributed by atoms with Gasteiger partial charge in [0.1, 0.15) is 5.82 Å². The smallest absolute Gasteiger partial charge is 0.278 e. The van der Waals surface area contributed by atoms with Crippen LogP contribution in [0.15, 0.2) is 54.9 Å². The van der Waals surface area contributed by atoms with Crippen LogP contribution in [0.25, 0.3) is 10.8 Å². The average molecular weight is 379 g/mol. The zero-order valence-corrected chi connectivity index (χ0v) is 15.0. The molecule has 0 aliphatic carbocycles. The maximum Gasteiger partial charge on any atom is 0.278 e. The zero-order chi connectivity index (χ0) is 19.7. The Morgan fingerprint density at radius 2 is 1.79 bits per heavy atom. The number of halogens is 1. The molecule has 6 nitrogen and oxygen atoms in total. The van der Waals surface area contributed by atoms with Gasteiger partial charge in [-0.05, 0) is 49.2 Å². The van der Waals surface area contributed by atoms with Gasteiger partial charge in [-0.1, -0.05) is 0 Å². The summed E-state index contributed by atoms with van der Waals surface area (Å²) in [6.07, 6.45) is 4.50. The van der Waals surface area contributed by atoms with Crippen LogP contribution in [0, 0.1) is 21.8 Å². The minimum absolute atomic E-state index is 0.0354. The summed E-state index contributed by atoms with van der Waals surface area (Å²) < 4.78 is 13.1. The number of hydrogen-bond donors (Lipinski definition) is 0. The maximum atomic E-state index is 13.1. The highest BCUT2D eigenvalue weighted by Gasteiger charge is 2.27. The van der Waals surface area contributed by atoms with Gasteiger partial charge in [0.25, 0.3) is 5.69 Å². The predicted molar refractivity (Wildman–Crippen MR) is 104 cm³/mol. The van der Waals surface area contributed by atoms with Crippen LogP contribution in [0.5, 0.6) is 0 Å². The average Bonchev–Trinajstić information content (AvgIpc) is 2.73. The number of anilines is 1. The van der Waals surface area contributed by atoms with Crippen molar-refractivity contribution in [2.75, 3.05) is 18.0 Å². The molecule has 7 heteroatoms. The lowest BCUT2D eigenvalue weighted by Crippen LogP contribution is -2.36. The number of carbonyl (C=O) groups excluding carboxylic acids is 1. The molecule has 4 rings (SSSR count). The fraction of sp³-hybridized carbons (Fsp3) is 0.238. The molecule has 3 aromatic rings. The molecule has 1 aliphatic heterocycles. The third-order valence-electron chi connectivity index (χ3n) is 5.30. The lowest BCUT2D eigenvalue weighted by molar-refractivity contribution is -0.383. The summed E-state index contributed by atoms with van der Waals surface area (Å²) in [5.41, 5.74) is 1.48. The van der Waals surface area contributed by atoms with E-state index in [9.17, 15) is 19.3 Å². The highest BCUT2D eigenvalue weighted by atomic mass is 19.1. The van der Waals surface area contributed by atoms with Crippen LogP contribution in [0.2, 0.25) is 0 Å². The number of nitro benzene ring substituents is 1. The van der Waals surface area contributed by atoms with E-state index in [2.05, 4.69) is 9.88 Å². The number of ketones is 1. The van der Waals surface area contributed by atoms with Crippen LogP contribution in [-0.2, 0) is 0 Å². The number of carbonyl (C=O) groups is 1. The van der Waals surface area contributed by atoms with E-state index in [1.54, 1.807) is 18.3 Å². The lowest BCUT2D eigenvalue weighted by Gasteiger charge is -2.33. The van der Waals surface area contributed by atoms with Crippen LogP contribution in [0.1, 0.15) is 23.2 Å². The van der Waals surface area contributed by atoms with E-state index in [0.717, 1.165) is 11.1 Å². The number of non-ortho nitro benzene ring substituents is 1. The zero-order valence-electron chi connectivity index (χ0n) is 15.0. The van der Waals surface area contributed by atoms with Crippen LogP contribution in [0.3, 0.4) is 0 Å². The Morgan fingerprint density at radius 1 is 1.07 bits per heavy atom. The number of nitrogens with zero attached hydrogens (tertiary/aromatic N) is 3. The Hall–Kier alpha value is -3.35. The first kappa shape index (κ1) is 18.0. The largest absolute Gasteiger partial charge is 0.371 e. The fourth-order valence-electron chi connectivity index (χ4n) is 3.83. The molecular formula is C21H18FN3O3. The molecule has 1 saturated heterocycles. The standard InChI is InChI=1S/C21H18FN3O3/c22-16-3-1-14(2-4-16)21(26)15-8-11-24(12-9-15)19-5-6-20(25(27)28)18-13-23-10-7-17(18)19/h1-7,10,13,15H,8-9,11-12H2. The van der Waals surface area contributed by atoms with Gasteiger partial charge in [-0.2, -0.15) is 0 Å². The highest BCUT2D eigenvalue weighted by molar-refractivity contribution is 6.00. The van der Waals surface area contributed by atoms with E-state index in [1.807, 2.05) is 0 Å². The number of aromatic nitrogens is 1. The number of pyridine rings is 1. The molecule has 0 atom stereocenters. The maximum absolute atomic E-state index is 13.1. The van der Waals surface area contributed by atoms with Gasteiger partial charge in [-0.3, -0.25) is 19.9 Å². The van der Waals surface area contributed by atoms with E-state index in [-0.39, 0.29) is 23.2 Å². The van der Waals surface area contributed by atoms with E-state index < -0.39 is 4.92 Å². The molecule has 0 N–H and O–H groups in total. The molecule has 2 heterocycles. The number of fused-ring (bicyclic) bond motifs is 1. The van der Waals surface area contributed by atoms with Gasteiger partial charge in [0, 0.05) is 54.1 Å². The Labute approximate surface area is 160 Å². The van der Waals surface area contributed by atoms with Crippen molar-refractivity contribution in [2.24, 2.45) is 5.92 Å². The molecule has 0 bridgehead atoms. The normalized spacial score (nSPS) is 15.0. The Morgan fingerprint density at radius 3 is 2.46 bits per heavy atom. The van der Waals surface area contributed by atoms with E-state index in [0.29, 0.717) is 36.9 Å². The monoisotopic (exact) mass is 379 g/mol. The first-order valence-electron chi connectivity index (χ1n) is 9.10. The third-order valence-corrected chi connectivity index (χ3v) is 5.30. The molecular weight excluding hydrogens is 361 g/mol. The van der Waals surface area contributed by atoms with Crippen molar-refractivity contribution < 1.29 is 14.1 Å². The van der Waals surface area contributed by atoms with Gasteiger partial charge in [0.2, 0.25) is 0 Å². The summed E-state index contributed by atoms with van der Waals surface area (Å²) in [5, 5.41) is 12.6. The van der Waals surface area contributed by atoms with Gasteiger partial charge in [-0.15, -0.1) is 0 Å². The number of Topliss-reactive ketones (excluding diaryl/α,β-unsaturated/α-hetero) is 1. The predicted octanol–water partition coefficient (Wildman–Crippen LogP) is 4.38. The second kappa shape index (κ2) is 7.34. The molecule has 2 aromatic carbocycles. The topological polar surface area (TPSA) is 76.3 Å². The Balaban J connectivity index is 1.54. The van der Waals surface area contributed by atoms with Gasteiger partial charge >= 0.3 is 0 Å². The minimum atomic E-state index is -0.401. The minimum Gasteiger partial charge on any atom is -0.371 e. The van der Waals surface area contributed by atoms with Gasteiger partial charge in [-0.25, -0.2) is 4.39 Å². The molecule has 1 aliphatic rings. The second-order valence-electron chi connectivity index (χ2n) is 6.91. The number of hydrogen-bond acceptors (Lipinski definition) is 5. The summed E-state index contributed by atoms with van der Waals surface area (Å²) >= 11 is 0. The first-order chi connectivity index (χ1) is 13.5. The number of piperidine rings is 1. The first-order valence-corrected chi connectivity index (χ1v) is 9.10. The van der Waals surface area contributed by atoms with Crippen LogP contribution in [-0.4, -0.2) is 28.8 Å². The van der Waals surface area contributed by atoms with E-state index >= 15 is 0 Å². The molecule has 142 valence electrons. The summed E-state index contributed by atoms with van der Waals surface area (Å²) in [5.74, 6) is -0.420. The van der Waals surface area contributed by atoms with Crippen LogP contribution < -0.4 is 4.90 Å². The van der Waals surface area contributed by atoms with Crippen LogP contribution in [0.4, 0.5) is 15.8 Å². The van der Waals surface area contributed by atoms with Crippen molar-refractivity contribution in [3.05, 3.63) is 76.4 Å². The lowest BCUT2D eigenvalue weighted by atomic mass is 9.88.